The molecule has 9 atom stereocenters. The molecular formula is C22H28N2O3. The van der Waals surface area contributed by atoms with Crippen molar-refractivity contribution in [2.45, 2.75) is 62.1 Å². The van der Waals surface area contributed by atoms with Gasteiger partial charge in [0.05, 0.1) is 12.1 Å². The second-order valence-corrected chi connectivity index (χ2v) is 8.84. The van der Waals surface area contributed by atoms with E-state index in [-0.39, 0.29) is 30.0 Å². The van der Waals surface area contributed by atoms with Gasteiger partial charge in [0.1, 0.15) is 12.0 Å². The number of nitrogens with zero attached hydrogens (tertiary/aromatic N) is 1. The lowest BCUT2D eigenvalue weighted by Crippen LogP contribution is -2.44. The largest absolute Gasteiger partial charge is 0.393 e. The summed E-state index contributed by atoms with van der Waals surface area (Å²) in [6.45, 7) is 3.02. The van der Waals surface area contributed by atoms with Crippen LogP contribution in [0.25, 0.3) is 0 Å². The topological polar surface area (TPSA) is 72.6 Å². The van der Waals surface area contributed by atoms with Crippen molar-refractivity contribution >= 4 is 6.29 Å². The molecular weight excluding hydrogens is 340 g/mol. The van der Waals surface area contributed by atoms with E-state index in [4.69, 9.17) is 0 Å². The summed E-state index contributed by atoms with van der Waals surface area (Å²) in [5.41, 5.74) is 1.19. The number of aliphatic hydroxyl groups is 2. The van der Waals surface area contributed by atoms with E-state index in [9.17, 15) is 15.0 Å². The third-order valence-corrected chi connectivity index (χ3v) is 7.46. The summed E-state index contributed by atoms with van der Waals surface area (Å²) in [6, 6.07) is 8.62. The van der Waals surface area contributed by atoms with Gasteiger partial charge >= 0.3 is 0 Å². The van der Waals surface area contributed by atoms with Crippen molar-refractivity contribution in [3.63, 3.8) is 0 Å². The van der Waals surface area contributed by atoms with Gasteiger partial charge < -0.3 is 15.5 Å². The molecule has 3 aliphatic heterocycles. The second kappa shape index (κ2) is 6.24. The Morgan fingerprint density at radius 2 is 2.07 bits per heavy atom. The highest BCUT2D eigenvalue weighted by molar-refractivity contribution is 5.74. The average Bonchev–Trinajstić information content (AvgIpc) is 2.99. The fourth-order valence-corrected chi connectivity index (χ4v) is 5.97. The molecule has 5 aliphatic rings. The van der Waals surface area contributed by atoms with Crippen LogP contribution in [0, 0.1) is 11.8 Å². The lowest BCUT2D eigenvalue weighted by molar-refractivity contribution is 0.0510. The van der Waals surface area contributed by atoms with Gasteiger partial charge in [0.2, 0.25) is 0 Å². The molecule has 0 spiro atoms. The number of hydrogen-bond acceptors (Lipinski definition) is 5. The molecule has 1 saturated carbocycles. The summed E-state index contributed by atoms with van der Waals surface area (Å²) in [4.78, 5) is 13.2. The third kappa shape index (κ3) is 2.56. The molecule has 0 amide bonds. The molecule has 2 aliphatic carbocycles. The van der Waals surface area contributed by atoms with Crippen molar-refractivity contribution in [2.24, 2.45) is 11.8 Å². The number of aldehydes is 1. The zero-order chi connectivity index (χ0) is 18.8. The highest BCUT2D eigenvalue weighted by Crippen LogP contribution is 2.63. The molecule has 1 aromatic rings. The fraction of sp³-hybridized carbons (Fsp3) is 0.591. The van der Waals surface area contributed by atoms with Crippen LogP contribution in [0.4, 0.5) is 0 Å². The van der Waals surface area contributed by atoms with Gasteiger partial charge in [0.15, 0.2) is 0 Å². The van der Waals surface area contributed by atoms with Gasteiger partial charge in [-0.05, 0) is 30.7 Å². The minimum atomic E-state index is -0.717. The maximum atomic E-state index is 11.3. The molecule has 3 heterocycles. The Kier molecular flexibility index (Phi) is 4.06. The van der Waals surface area contributed by atoms with E-state index in [0.717, 1.165) is 32.1 Å². The van der Waals surface area contributed by atoms with Gasteiger partial charge in [-0.3, -0.25) is 9.69 Å². The molecule has 6 rings (SSSR count). The normalized spacial score (nSPS) is 45.1. The standard InChI is InChI=1S/C22H28N2O3/c1-13(15-4-2-14(12-25)3-5-15)21-18-8-9-20-22(27,24(20)21)19(18)11-23-16-6-7-17(26)10-16/h2-5,8-9,12-13,16-21,23,26-27H,6-7,10-11H2,1H3. The average molecular weight is 368 g/mol. The summed E-state index contributed by atoms with van der Waals surface area (Å²) in [5, 5.41) is 24.7. The summed E-state index contributed by atoms with van der Waals surface area (Å²) in [5.74, 6) is 0.794. The van der Waals surface area contributed by atoms with Gasteiger partial charge in [-0.1, -0.05) is 43.3 Å². The monoisotopic (exact) mass is 368 g/mol. The number of hydrogen-bond donors (Lipinski definition) is 3. The molecule has 3 N–H and O–H groups in total. The third-order valence-electron chi connectivity index (χ3n) is 7.46. The minimum Gasteiger partial charge on any atom is -0.393 e. The minimum absolute atomic E-state index is 0.130. The Bertz CT molecular complexity index is 763. The van der Waals surface area contributed by atoms with Gasteiger partial charge in [0, 0.05) is 36.0 Å². The van der Waals surface area contributed by atoms with E-state index in [0.29, 0.717) is 17.5 Å². The number of rotatable bonds is 6. The van der Waals surface area contributed by atoms with Gasteiger partial charge in [-0.15, -0.1) is 0 Å². The first-order valence-corrected chi connectivity index (χ1v) is 10.2. The van der Waals surface area contributed by atoms with Crippen LogP contribution in [0.5, 0.6) is 0 Å². The quantitative estimate of drug-likeness (QED) is 0.405. The van der Waals surface area contributed by atoms with Crippen LogP contribution in [0.15, 0.2) is 36.4 Å². The van der Waals surface area contributed by atoms with Crippen LogP contribution in [0.1, 0.15) is 48.0 Å². The molecule has 144 valence electrons. The molecule has 2 saturated heterocycles. The predicted molar refractivity (Wildman–Crippen MR) is 102 cm³/mol. The van der Waals surface area contributed by atoms with E-state index in [2.05, 4.69) is 29.3 Å². The first-order chi connectivity index (χ1) is 13.0. The lowest BCUT2D eigenvalue weighted by Gasteiger charge is -2.35. The second-order valence-electron chi connectivity index (χ2n) is 8.84. The molecule has 1 aromatic carbocycles. The highest BCUT2D eigenvalue weighted by Gasteiger charge is 2.77. The molecule has 9 unspecified atom stereocenters. The first kappa shape index (κ1) is 17.6. The highest BCUT2D eigenvalue weighted by atomic mass is 16.3. The number of benzene rings is 1. The van der Waals surface area contributed by atoms with Crippen LogP contribution in [-0.2, 0) is 0 Å². The van der Waals surface area contributed by atoms with Gasteiger partial charge in [0.25, 0.3) is 0 Å². The number of aliphatic hydroxyl groups excluding tert-OH is 1. The van der Waals surface area contributed by atoms with Crippen molar-refractivity contribution in [1.82, 2.24) is 10.2 Å². The predicted octanol–water partition coefficient (Wildman–Crippen LogP) is 1.66. The molecule has 5 heteroatoms. The fourth-order valence-electron chi connectivity index (χ4n) is 5.97. The van der Waals surface area contributed by atoms with E-state index in [1.165, 1.54) is 5.56 Å². The summed E-state index contributed by atoms with van der Waals surface area (Å²) in [6.07, 6.45) is 7.88. The zero-order valence-electron chi connectivity index (χ0n) is 15.7. The van der Waals surface area contributed by atoms with Crippen LogP contribution in [0.2, 0.25) is 0 Å². The van der Waals surface area contributed by atoms with Crippen molar-refractivity contribution in [3.05, 3.63) is 47.5 Å². The molecule has 27 heavy (non-hydrogen) atoms. The number of nitrogens with one attached hydrogen (secondary N) is 1. The number of carbonyl (C=O) groups is 1. The Morgan fingerprint density at radius 1 is 1.30 bits per heavy atom. The van der Waals surface area contributed by atoms with Crippen LogP contribution in [0.3, 0.4) is 0 Å². The maximum absolute atomic E-state index is 11.3. The van der Waals surface area contributed by atoms with Crippen molar-refractivity contribution in [2.75, 3.05) is 6.54 Å². The van der Waals surface area contributed by atoms with E-state index in [1.807, 2.05) is 24.3 Å². The summed E-state index contributed by atoms with van der Waals surface area (Å²) < 4.78 is 0. The lowest BCUT2D eigenvalue weighted by atomic mass is 9.74. The molecule has 5 nitrogen and oxygen atoms in total. The molecule has 3 fully saturated rings. The summed E-state index contributed by atoms with van der Waals surface area (Å²) >= 11 is 0. The van der Waals surface area contributed by atoms with Crippen LogP contribution in [-0.4, -0.2) is 57.9 Å². The zero-order valence-corrected chi connectivity index (χ0v) is 15.7. The van der Waals surface area contributed by atoms with Crippen molar-refractivity contribution < 1.29 is 15.0 Å². The Balaban J connectivity index is 1.33. The SMILES string of the molecule is CC(c1ccc(C=O)cc1)C1C2C=CC3N1C3(O)C2CNC1CCC(O)C1. The van der Waals surface area contributed by atoms with Crippen LogP contribution < -0.4 is 5.32 Å². The smallest absolute Gasteiger partial charge is 0.150 e. The molecule has 0 aromatic heterocycles. The number of piperidine rings is 1. The Labute approximate surface area is 160 Å². The Hall–Kier alpha value is -1.53. The van der Waals surface area contributed by atoms with E-state index in [1.54, 1.807) is 0 Å². The van der Waals surface area contributed by atoms with Gasteiger partial charge in [-0.2, -0.15) is 0 Å². The first-order valence-electron chi connectivity index (χ1n) is 10.2. The summed E-state index contributed by atoms with van der Waals surface area (Å²) in [7, 11) is 0. The Morgan fingerprint density at radius 3 is 2.74 bits per heavy atom. The van der Waals surface area contributed by atoms with E-state index < -0.39 is 5.72 Å². The van der Waals surface area contributed by atoms with Crippen molar-refractivity contribution in [3.8, 4) is 0 Å². The van der Waals surface area contributed by atoms with Gasteiger partial charge in [-0.25, -0.2) is 0 Å². The number of carbonyl (C=O) groups excluding carboxylic acids is 1. The maximum Gasteiger partial charge on any atom is 0.150 e. The van der Waals surface area contributed by atoms with Crippen molar-refractivity contribution in [1.29, 1.82) is 0 Å². The molecule has 4 bridgehead atoms. The van der Waals surface area contributed by atoms with Crippen LogP contribution >= 0.6 is 0 Å². The molecule has 0 radical (unpaired) electrons. The van der Waals surface area contributed by atoms with E-state index >= 15 is 0 Å².